The molecule has 0 radical (unpaired) electrons. The van der Waals surface area contributed by atoms with Gasteiger partial charge in [0.1, 0.15) is 11.6 Å². The molecule has 0 amide bonds. The summed E-state index contributed by atoms with van der Waals surface area (Å²) in [6, 6.07) is 14.3. The molecule has 1 saturated heterocycles. The van der Waals surface area contributed by atoms with E-state index in [4.69, 9.17) is 14.5 Å². The van der Waals surface area contributed by atoms with Crippen LogP contribution in [0.2, 0.25) is 0 Å². The minimum atomic E-state index is -1.16. The number of piperidine rings is 1. The Morgan fingerprint density at radius 1 is 1.00 bits per heavy atom. The average Bonchev–Trinajstić information content (AvgIpc) is 2.93. The standard InChI is InChI=1S/C35H43FN2O4/c1-22(2)26-16-19-38(20-17-26)32-30(23(3)37-24(4)31(32)33(34(39)40)42-35(5,6)7)27-10-14-29(15-11-27)41-21-18-25-8-12-28(36)13-9-25/h8-15,33H,16-21H2,1-7H3,(H,39,40). The van der Waals surface area contributed by atoms with Gasteiger partial charge in [-0.3, -0.25) is 4.98 Å². The molecule has 1 aliphatic heterocycles. The van der Waals surface area contributed by atoms with Crippen molar-refractivity contribution in [3.8, 4) is 16.9 Å². The third-order valence-corrected chi connectivity index (χ3v) is 7.64. The number of aliphatic carboxylic acids is 1. The number of carboxylic acids is 1. The molecule has 2 heterocycles. The van der Waals surface area contributed by atoms with Gasteiger partial charge in [-0.1, -0.05) is 35.4 Å². The fourth-order valence-corrected chi connectivity index (χ4v) is 5.58. The molecule has 1 fully saturated rings. The van der Waals surface area contributed by atoms with Crippen molar-refractivity contribution in [2.24, 2.45) is 0 Å². The topological polar surface area (TPSA) is 71.9 Å². The normalized spacial score (nSPS) is 14.6. The van der Waals surface area contributed by atoms with Gasteiger partial charge < -0.3 is 19.5 Å². The molecule has 0 bridgehead atoms. The number of pyridine rings is 1. The summed E-state index contributed by atoms with van der Waals surface area (Å²) in [5.74, 6) is -0.552. The molecular formula is C35H43FN2O4. The number of rotatable bonds is 9. The molecule has 4 rings (SSSR count). The van der Waals surface area contributed by atoms with Crippen LogP contribution in [0.15, 0.2) is 59.7 Å². The van der Waals surface area contributed by atoms with Crippen molar-refractivity contribution < 1.29 is 23.8 Å². The molecule has 2 aromatic carbocycles. The van der Waals surface area contributed by atoms with E-state index in [0.717, 1.165) is 59.8 Å². The first-order valence-electron chi connectivity index (χ1n) is 14.6. The molecule has 0 saturated carbocycles. The van der Waals surface area contributed by atoms with Crippen LogP contribution in [0.3, 0.4) is 0 Å². The molecule has 1 aliphatic rings. The van der Waals surface area contributed by atoms with E-state index in [1.807, 2.05) is 58.9 Å². The van der Waals surface area contributed by atoms with Crippen molar-refractivity contribution in [1.82, 2.24) is 4.98 Å². The van der Waals surface area contributed by atoms with Gasteiger partial charge in [-0.05, 0) is 96.7 Å². The van der Waals surface area contributed by atoms with Gasteiger partial charge in [0, 0.05) is 42.0 Å². The van der Waals surface area contributed by atoms with Gasteiger partial charge in [-0.2, -0.15) is 0 Å². The summed E-state index contributed by atoms with van der Waals surface area (Å²) in [6.07, 6.45) is 1.37. The summed E-state index contributed by atoms with van der Waals surface area (Å²) in [5.41, 5.74) is 8.00. The largest absolute Gasteiger partial charge is 0.493 e. The minimum Gasteiger partial charge on any atom is -0.493 e. The summed E-state index contributed by atoms with van der Waals surface area (Å²) in [4.78, 5) is 19.9. The lowest BCUT2D eigenvalue weighted by Crippen LogP contribution is -2.35. The molecule has 7 heteroatoms. The van der Waals surface area contributed by atoms with Gasteiger partial charge in [0.2, 0.25) is 0 Å². The van der Waals surface area contributed by atoms with E-state index in [1.54, 1.807) is 12.1 Å². The van der Waals surface area contributed by atoms with Crippen molar-refractivity contribution in [2.75, 3.05) is 24.6 Å². The number of allylic oxidation sites excluding steroid dienone is 1. The maximum Gasteiger partial charge on any atom is 0.337 e. The number of nitrogens with zero attached hydrogens (tertiary/aromatic N) is 2. The second kappa shape index (κ2) is 13.1. The fourth-order valence-electron chi connectivity index (χ4n) is 5.58. The van der Waals surface area contributed by atoms with Crippen LogP contribution in [0.1, 0.15) is 76.1 Å². The highest BCUT2D eigenvalue weighted by Crippen LogP contribution is 2.44. The van der Waals surface area contributed by atoms with Crippen LogP contribution >= 0.6 is 0 Å². The summed E-state index contributed by atoms with van der Waals surface area (Å²) in [7, 11) is 0. The average molecular weight is 575 g/mol. The van der Waals surface area contributed by atoms with E-state index in [1.165, 1.54) is 23.3 Å². The highest BCUT2D eigenvalue weighted by molar-refractivity contribution is 5.88. The molecule has 0 spiro atoms. The molecule has 0 aliphatic carbocycles. The van der Waals surface area contributed by atoms with Crippen LogP contribution in [0, 0.1) is 19.7 Å². The van der Waals surface area contributed by atoms with Crippen molar-refractivity contribution >= 4 is 11.7 Å². The Morgan fingerprint density at radius 3 is 2.17 bits per heavy atom. The Kier molecular flexibility index (Phi) is 9.72. The number of carbonyl (C=O) groups is 1. The highest BCUT2D eigenvalue weighted by atomic mass is 19.1. The molecule has 1 atom stereocenters. The number of aromatic nitrogens is 1. The lowest BCUT2D eigenvalue weighted by molar-refractivity contribution is -0.160. The zero-order valence-corrected chi connectivity index (χ0v) is 25.9. The van der Waals surface area contributed by atoms with Crippen LogP contribution in [0.5, 0.6) is 5.75 Å². The molecule has 1 aromatic heterocycles. The Balaban J connectivity index is 1.72. The van der Waals surface area contributed by atoms with Crippen LogP contribution < -0.4 is 9.64 Å². The molecule has 3 aromatic rings. The van der Waals surface area contributed by atoms with Gasteiger partial charge in [-0.15, -0.1) is 0 Å². The summed E-state index contributed by atoms with van der Waals surface area (Å²) < 4.78 is 25.4. The van der Waals surface area contributed by atoms with Gasteiger partial charge in [0.05, 0.1) is 17.9 Å². The highest BCUT2D eigenvalue weighted by Gasteiger charge is 2.35. The number of benzene rings is 2. The Hall–Kier alpha value is -3.71. The van der Waals surface area contributed by atoms with E-state index < -0.39 is 17.7 Å². The van der Waals surface area contributed by atoms with Gasteiger partial charge in [0.15, 0.2) is 6.10 Å². The number of aryl methyl sites for hydroxylation is 2. The zero-order chi connectivity index (χ0) is 30.6. The first-order valence-corrected chi connectivity index (χ1v) is 14.6. The number of anilines is 1. The monoisotopic (exact) mass is 574 g/mol. The number of hydrogen-bond acceptors (Lipinski definition) is 5. The SMILES string of the molecule is CC(C)=C1CCN(c2c(-c3ccc(OCCc4ccc(F)cc4)cc3)c(C)nc(C)c2C(OC(C)(C)C)C(=O)O)CC1. The third kappa shape index (κ3) is 7.57. The quantitative estimate of drug-likeness (QED) is 0.261. The lowest BCUT2D eigenvalue weighted by atomic mass is 9.91. The second-order valence-electron chi connectivity index (χ2n) is 12.2. The maximum atomic E-state index is 13.2. The molecule has 1 unspecified atom stereocenters. The third-order valence-electron chi connectivity index (χ3n) is 7.64. The van der Waals surface area contributed by atoms with Gasteiger partial charge in [0.25, 0.3) is 0 Å². The summed E-state index contributed by atoms with van der Waals surface area (Å²) in [6.45, 7) is 15.8. The first-order chi connectivity index (χ1) is 19.8. The Bertz CT molecular complexity index is 1430. The molecule has 6 nitrogen and oxygen atoms in total. The summed E-state index contributed by atoms with van der Waals surface area (Å²) >= 11 is 0. The number of halogens is 1. The Morgan fingerprint density at radius 2 is 1.62 bits per heavy atom. The number of ether oxygens (including phenoxy) is 2. The van der Waals surface area contributed by atoms with Crippen molar-refractivity contribution in [3.63, 3.8) is 0 Å². The predicted molar refractivity (Wildman–Crippen MR) is 166 cm³/mol. The summed E-state index contributed by atoms with van der Waals surface area (Å²) in [5, 5.41) is 10.4. The first kappa shape index (κ1) is 31.2. The van der Waals surface area contributed by atoms with Crippen molar-refractivity contribution in [3.05, 3.63) is 88.0 Å². The number of carboxylic acid groups (broad SMARTS) is 1. The molecule has 224 valence electrons. The van der Waals surface area contributed by atoms with E-state index in [0.29, 0.717) is 24.3 Å². The molecule has 1 N–H and O–H groups in total. The van der Waals surface area contributed by atoms with Crippen LogP contribution in [-0.2, 0) is 16.0 Å². The van der Waals surface area contributed by atoms with Crippen molar-refractivity contribution in [2.45, 2.75) is 79.4 Å². The zero-order valence-electron chi connectivity index (χ0n) is 25.9. The second-order valence-corrected chi connectivity index (χ2v) is 12.2. The van der Waals surface area contributed by atoms with Crippen LogP contribution in [0.4, 0.5) is 10.1 Å². The minimum absolute atomic E-state index is 0.250. The smallest absolute Gasteiger partial charge is 0.337 e. The molecule has 42 heavy (non-hydrogen) atoms. The van der Waals surface area contributed by atoms with E-state index >= 15 is 0 Å². The Labute approximate surface area is 249 Å². The molecular weight excluding hydrogens is 531 g/mol. The van der Waals surface area contributed by atoms with E-state index in [9.17, 15) is 14.3 Å². The maximum absolute atomic E-state index is 13.2. The van der Waals surface area contributed by atoms with Gasteiger partial charge >= 0.3 is 5.97 Å². The van der Waals surface area contributed by atoms with E-state index in [2.05, 4.69) is 18.7 Å². The van der Waals surface area contributed by atoms with Crippen LogP contribution in [-0.4, -0.2) is 41.4 Å². The van der Waals surface area contributed by atoms with Crippen molar-refractivity contribution in [1.29, 1.82) is 0 Å². The lowest BCUT2D eigenvalue weighted by Gasteiger charge is -2.37. The van der Waals surface area contributed by atoms with Gasteiger partial charge in [-0.25, -0.2) is 9.18 Å². The van der Waals surface area contributed by atoms with Crippen LogP contribution in [0.25, 0.3) is 11.1 Å². The predicted octanol–water partition coefficient (Wildman–Crippen LogP) is 8.00. The van der Waals surface area contributed by atoms with E-state index in [-0.39, 0.29) is 5.82 Å². The number of hydrogen-bond donors (Lipinski definition) is 1. The fraction of sp³-hybridized carbons (Fsp3) is 0.429.